The number of hydrogen-bond donors (Lipinski definition) is 3. The van der Waals surface area contributed by atoms with Crippen molar-refractivity contribution in [2.24, 2.45) is 34.5 Å². The van der Waals surface area contributed by atoms with Crippen LogP contribution in [0.3, 0.4) is 0 Å². The summed E-state index contributed by atoms with van der Waals surface area (Å²) < 4.78 is 0. The van der Waals surface area contributed by atoms with E-state index in [4.69, 9.17) is 5.11 Å². The molecule has 0 aliphatic heterocycles. The van der Waals surface area contributed by atoms with Gasteiger partial charge in [-0.05, 0) is 66.6 Å². The Kier molecular flexibility index (Phi) is 6.02. The Morgan fingerprint density at radius 1 is 1.25 bits per heavy atom. The molecule has 5 heteroatoms. The molecule has 0 aromatic heterocycles. The molecule has 3 fully saturated rings. The first-order valence-electron chi connectivity index (χ1n) is 11.0. The normalized spacial score (nSPS) is 43.9. The fraction of sp³-hybridized carbons (Fsp3) is 0.870. The van der Waals surface area contributed by atoms with Crippen LogP contribution in [0.1, 0.15) is 59.8 Å². The molecule has 7 unspecified atom stereocenters. The molecule has 0 bridgehead atoms. The summed E-state index contributed by atoms with van der Waals surface area (Å²) in [6.45, 7) is 9.18. The van der Waals surface area contributed by atoms with Crippen LogP contribution in [0.2, 0.25) is 0 Å². The topological polar surface area (TPSA) is 81.0 Å². The third-order valence-electron chi connectivity index (χ3n) is 8.77. The molecule has 3 aliphatic rings. The Hall–Kier alpha value is -0.910. The number of likely N-dealkylation sites (N-methyl/N-ethyl adjacent to an activating group) is 1. The van der Waals surface area contributed by atoms with Gasteiger partial charge in [0.2, 0.25) is 5.91 Å². The minimum absolute atomic E-state index is 0.0360. The van der Waals surface area contributed by atoms with Gasteiger partial charge < -0.3 is 20.2 Å². The second-order valence-electron chi connectivity index (χ2n) is 10.5. The quantitative estimate of drug-likeness (QED) is 0.644. The molecular formula is C23H39NO4. The first kappa shape index (κ1) is 21.8. The Morgan fingerprint density at radius 2 is 1.93 bits per heavy atom. The summed E-state index contributed by atoms with van der Waals surface area (Å²) in [5, 5.41) is 30.8. The van der Waals surface area contributed by atoms with Crippen molar-refractivity contribution in [3.05, 3.63) is 11.6 Å². The van der Waals surface area contributed by atoms with E-state index in [9.17, 15) is 15.0 Å². The Labute approximate surface area is 169 Å². The minimum Gasteiger partial charge on any atom is -0.395 e. The molecule has 28 heavy (non-hydrogen) atoms. The SMILES string of the molecule is CC1C(=CC(=O)N(C)CCO)CCC2C1C(O)CC1C(C)(C)C(O)CCC21C. The maximum Gasteiger partial charge on any atom is 0.246 e. The monoisotopic (exact) mass is 393 g/mol. The van der Waals surface area contributed by atoms with Gasteiger partial charge in [-0.25, -0.2) is 0 Å². The average molecular weight is 394 g/mol. The highest BCUT2D eigenvalue weighted by Crippen LogP contribution is 2.64. The van der Waals surface area contributed by atoms with Gasteiger partial charge in [-0.1, -0.05) is 33.3 Å². The van der Waals surface area contributed by atoms with Crippen LogP contribution < -0.4 is 0 Å². The van der Waals surface area contributed by atoms with E-state index >= 15 is 0 Å². The van der Waals surface area contributed by atoms with Gasteiger partial charge in [0, 0.05) is 19.7 Å². The zero-order valence-electron chi connectivity index (χ0n) is 18.2. The predicted octanol–water partition coefficient (Wildman–Crippen LogP) is 2.59. The van der Waals surface area contributed by atoms with Crippen molar-refractivity contribution >= 4 is 5.91 Å². The molecule has 5 nitrogen and oxygen atoms in total. The van der Waals surface area contributed by atoms with Crippen LogP contribution in [0, 0.1) is 34.5 Å². The zero-order valence-corrected chi connectivity index (χ0v) is 18.2. The van der Waals surface area contributed by atoms with Crippen LogP contribution in [0.4, 0.5) is 0 Å². The molecule has 0 spiro atoms. The lowest BCUT2D eigenvalue weighted by Gasteiger charge is -2.64. The molecule has 0 aromatic rings. The molecule has 160 valence electrons. The van der Waals surface area contributed by atoms with E-state index in [1.54, 1.807) is 18.0 Å². The number of carbonyl (C=O) groups is 1. The average Bonchev–Trinajstić information content (AvgIpc) is 2.63. The van der Waals surface area contributed by atoms with E-state index in [0.29, 0.717) is 18.4 Å². The standard InChI is InChI=1S/C23H39NO4/c1-14-15(12-20(28)24(5)10-11-25)6-7-16-21(14)17(26)13-18-22(2,3)19(27)8-9-23(16,18)4/h12,14,16-19,21,25-27H,6-11,13H2,1-5H3. The number of carbonyl (C=O) groups excluding carboxylic acids is 1. The van der Waals surface area contributed by atoms with Gasteiger partial charge in [0.15, 0.2) is 0 Å². The van der Waals surface area contributed by atoms with Crippen molar-refractivity contribution in [1.82, 2.24) is 4.90 Å². The molecule has 3 rings (SSSR count). The first-order valence-corrected chi connectivity index (χ1v) is 11.0. The highest BCUT2D eigenvalue weighted by molar-refractivity contribution is 5.88. The van der Waals surface area contributed by atoms with Gasteiger partial charge in [-0.3, -0.25) is 4.79 Å². The van der Waals surface area contributed by atoms with Gasteiger partial charge >= 0.3 is 0 Å². The van der Waals surface area contributed by atoms with Crippen LogP contribution in [0.15, 0.2) is 11.6 Å². The number of aliphatic hydroxyl groups is 3. The molecule has 1 amide bonds. The van der Waals surface area contributed by atoms with Crippen molar-refractivity contribution in [3.63, 3.8) is 0 Å². The van der Waals surface area contributed by atoms with E-state index in [1.807, 2.05) is 0 Å². The summed E-state index contributed by atoms with van der Waals surface area (Å²) in [6, 6.07) is 0. The van der Waals surface area contributed by atoms with Gasteiger partial charge in [-0.15, -0.1) is 0 Å². The largest absolute Gasteiger partial charge is 0.395 e. The smallest absolute Gasteiger partial charge is 0.246 e. The van der Waals surface area contributed by atoms with Gasteiger partial charge in [0.25, 0.3) is 0 Å². The molecule has 3 N–H and O–H groups in total. The molecule has 3 saturated carbocycles. The Morgan fingerprint density at radius 3 is 2.57 bits per heavy atom. The van der Waals surface area contributed by atoms with Crippen LogP contribution >= 0.6 is 0 Å². The lowest BCUT2D eigenvalue weighted by molar-refractivity contribution is -0.190. The third kappa shape index (κ3) is 3.44. The molecule has 0 heterocycles. The van der Waals surface area contributed by atoms with Crippen LogP contribution in [-0.4, -0.2) is 58.5 Å². The van der Waals surface area contributed by atoms with Gasteiger partial charge in [0.05, 0.1) is 18.8 Å². The summed E-state index contributed by atoms with van der Waals surface area (Å²) >= 11 is 0. The summed E-state index contributed by atoms with van der Waals surface area (Å²) in [6.07, 6.45) is 5.51. The Balaban J connectivity index is 1.86. The van der Waals surface area contributed by atoms with E-state index in [1.165, 1.54) is 0 Å². The van der Waals surface area contributed by atoms with E-state index in [0.717, 1.165) is 37.7 Å². The molecule has 0 aromatic carbocycles. The molecular weight excluding hydrogens is 354 g/mol. The second kappa shape index (κ2) is 7.73. The number of aliphatic hydroxyl groups excluding tert-OH is 3. The van der Waals surface area contributed by atoms with Crippen LogP contribution in [0.25, 0.3) is 0 Å². The second-order valence-corrected chi connectivity index (χ2v) is 10.5. The minimum atomic E-state index is -0.392. The van der Waals surface area contributed by atoms with Crippen molar-refractivity contribution in [1.29, 1.82) is 0 Å². The van der Waals surface area contributed by atoms with Gasteiger partial charge in [-0.2, -0.15) is 0 Å². The number of fused-ring (bicyclic) bond motifs is 3. The number of rotatable bonds is 3. The lowest BCUT2D eigenvalue weighted by Crippen LogP contribution is -2.61. The summed E-state index contributed by atoms with van der Waals surface area (Å²) in [4.78, 5) is 14.0. The number of nitrogens with zero attached hydrogens (tertiary/aromatic N) is 1. The summed E-state index contributed by atoms with van der Waals surface area (Å²) in [5.41, 5.74) is 1.08. The van der Waals surface area contributed by atoms with E-state index in [2.05, 4.69) is 27.7 Å². The number of allylic oxidation sites excluding steroid dienone is 1. The fourth-order valence-electron chi connectivity index (χ4n) is 6.93. The number of amides is 1. The van der Waals surface area contributed by atoms with Crippen molar-refractivity contribution in [2.75, 3.05) is 20.2 Å². The molecule has 0 saturated heterocycles. The highest BCUT2D eigenvalue weighted by Gasteiger charge is 2.60. The predicted molar refractivity (Wildman–Crippen MR) is 109 cm³/mol. The van der Waals surface area contributed by atoms with E-state index < -0.39 is 6.10 Å². The maximum atomic E-state index is 12.4. The molecule has 3 aliphatic carbocycles. The van der Waals surface area contributed by atoms with Crippen LogP contribution in [-0.2, 0) is 4.79 Å². The highest BCUT2D eigenvalue weighted by atomic mass is 16.3. The maximum absolute atomic E-state index is 12.4. The Bertz CT molecular complexity index is 630. The summed E-state index contributed by atoms with van der Waals surface area (Å²) in [7, 11) is 1.71. The number of hydrogen-bond acceptors (Lipinski definition) is 4. The molecule has 0 radical (unpaired) electrons. The van der Waals surface area contributed by atoms with Crippen molar-refractivity contribution in [2.45, 2.75) is 72.0 Å². The fourth-order valence-corrected chi connectivity index (χ4v) is 6.93. The molecule has 7 atom stereocenters. The zero-order chi connectivity index (χ0) is 20.9. The van der Waals surface area contributed by atoms with Crippen LogP contribution in [0.5, 0.6) is 0 Å². The van der Waals surface area contributed by atoms with Gasteiger partial charge in [0.1, 0.15) is 0 Å². The third-order valence-corrected chi connectivity index (χ3v) is 8.77. The lowest BCUT2D eigenvalue weighted by atomic mass is 9.42. The summed E-state index contributed by atoms with van der Waals surface area (Å²) in [5.74, 6) is 1.02. The van der Waals surface area contributed by atoms with E-state index in [-0.39, 0.29) is 41.3 Å². The first-order chi connectivity index (χ1) is 13.0. The van der Waals surface area contributed by atoms with Crippen molar-refractivity contribution in [3.8, 4) is 0 Å². The van der Waals surface area contributed by atoms with Crippen molar-refractivity contribution < 1.29 is 20.1 Å².